The maximum atomic E-state index is 12.4. The second-order valence-corrected chi connectivity index (χ2v) is 6.16. The van der Waals surface area contributed by atoms with Crippen molar-refractivity contribution < 1.29 is 23.8 Å². The van der Waals surface area contributed by atoms with E-state index in [9.17, 15) is 9.59 Å². The van der Waals surface area contributed by atoms with Gasteiger partial charge in [0, 0.05) is 10.5 Å². The van der Waals surface area contributed by atoms with Gasteiger partial charge in [0.05, 0.1) is 12.2 Å². The van der Waals surface area contributed by atoms with Gasteiger partial charge in [0.1, 0.15) is 11.5 Å². The number of rotatable bonds is 5. The predicted octanol–water partition coefficient (Wildman–Crippen LogP) is 4.01. The average Bonchev–Trinajstić information content (AvgIpc) is 2.89. The van der Waals surface area contributed by atoms with Crippen molar-refractivity contribution in [3.8, 4) is 11.5 Å². The quantitative estimate of drug-likeness (QED) is 0.558. The first-order valence-electron chi connectivity index (χ1n) is 7.69. The van der Waals surface area contributed by atoms with Gasteiger partial charge in [-0.15, -0.1) is 0 Å². The number of benzene rings is 2. The summed E-state index contributed by atoms with van der Waals surface area (Å²) in [6.45, 7) is 1.83. The summed E-state index contributed by atoms with van der Waals surface area (Å²) in [4.78, 5) is 23.8. The van der Waals surface area contributed by atoms with Crippen molar-refractivity contribution in [3.05, 3.63) is 63.8 Å². The Morgan fingerprint density at radius 1 is 1.24 bits per heavy atom. The van der Waals surface area contributed by atoms with Gasteiger partial charge in [0.2, 0.25) is 5.78 Å². The van der Waals surface area contributed by atoms with Gasteiger partial charge in [0.15, 0.2) is 12.4 Å². The Morgan fingerprint density at radius 2 is 2.08 bits per heavy atom. The van der Waals surface area contributed by atoms with E-state index in [1.54, 1.807) is 31.2 Å². The minimum absolute atomic E-state index is 0.188. The van der Waals surface area contributed by atoms with Crippen molar-refractivity contribution >= 4 is 33.8 Å². The summed E-state index contributed by atoms with van der Waals surface area (Å²) in [5.41, 5.74) is 1.31. The molecular formula is C19H15BrO5. The summed E-state index contributed by atoms with van der Waals surface area (Å²) in [6.07, 6.45) is 1.69. The largest absolute Gasteiger partial charge is 0.482 e. The highest BCUT2D eigenvalue weighted by Crippen LogP contribution is 2.35. The van der Waals surface area contributed by atoms with Gasteiger partial charge in [-0.1, -0.05) is 28.1 Å². The van der Waals surface area contributed by atoms with E-state index in [1.165, 1.54) is 0 Å². The van der Waals surface area contributed by atoms with E-state index in [2.05, 4.69) is 15.9 Å². The summed E-state index contributed by atoms with van der Waals surface area (Å²) in [5.74, 6) is 0.453. The van der Waals surface area contributed by atoms with Crippen LogP contribution in [0.15, 0.2) is 52.7 Å². The van der Waals surface area contributed by atoms with E-state index in [4.69, 9.17) is 14.2 Å². The maximum absolute atomic E-state index is 12.4. The Bertz CT molecular complexity index is 857. The van der Waals surface area contributed by atoms with Crippen LogP contribution in [0, 0.1) is 0 Å². The monoisotopic (exact) mass is 402 g/mol. The van der Waals surface area contributed by atoms with E-state index in [0.717, 1.165) is 10.0 Å². The first-order chi connectivity index (χ1) is 12.1. The molecule has 0 bridgehead atoms. The Morgan fingerprint density at radius 3 is 2.84 bits per heavy atom. The molecule has 0 saturated heterocycles. The van der Waals surface area contributed by atoms with Crippen molar-refractivity contribution in [2.75, 3.05) is 13.2 Å². The molecule has 0 radical (unpaired) electrons. The number of ketones is 1. The average molecular weight is 403 g/mol. The van der Waals surface area contributed by atoms with Crippen LogP contribution in [-0.4, -0.2) is 25.0 Å². The van der Waals surface area contributed by atoms with Crippen LogP contribution in [0.3, 0.4) is 0 Å². The van der Waals surface area contributed by atoms with Gasteiger partial charge in [-0.25, -0.2) is 4.79 Å². The summed E-state index contributed by atoms with van der Waals surface area (Å²) < 4.78 is 16.7. The van der Waals surface area contributed by atoms with E-state index in [-0.39, 0.29) is 18.1 Å². The molecule has 0 saturated carbocycles. The highest BCUT2D eigenvalue weighted by Gasteiger charge is 2.27. The van der Waals surface area contributed by atoms with Crippen LogP contribution >= 0.6 is 15.9 Å². The highest BCUT2D eigenvalue weighted by atomic mass is 79.9. The minimum Gasteiger partial charge on any atom is -0.482 e. The van der Waals surface area contributed by atoms with Crippen molar-refractivity contribution in [1.29, 1.82) is 0 Å². The lowest BCUT2D eigenvalue weighted by Gasteiger charge is -2.06. The number of Topliss-reactive ketones (excluding diaryl/α,β-unsaturated/α-hetero) is 1. The van der Waals surface area contributed by atoms with Gasteiger partial charge >= 0.3 is 5.97 Å². The molecule has 0 aromatic heterocycles. The number of halogens is 1. The van der Waals surface area contributed by atoms with E-state index < -0.39 is 5.97 Å². The molecular weight excluding hydrogens is 388 g/mol. The van der Waals surface area contributed by atoms with Crippen LogP contribution in [0.25, 0.3) is 6.08 Å². The van der Waals surface area contributed by atoms with Crippen LogP contribution in [0.1, 0.15) is 22.8 Å². The van der Waals surface area contributed by atoms with Crippen LogP contribution in [0.5, 0.6) is 11.5 Å². The lowest BCUT2D eigenvalue weighted by atomic mass is 10.1. The summed E-state index contributed by atoms with van der Waals surface area (Å²) in [5, 5.41) is 0. The fourth-order valence-corrected chi connectivity index (χ4v) is 2.77. The number of esters is 1. The SMILES string of the molecule is CCOC(=O)COc1ccc2c(c1)OC(=Cc1cccc(Br)c1)C2=O. The molecule has 1 aliphatic rings. The van der Waals surface area contributed by atoms with E-state index in [1.807, 2.05) is 24.3 Å². The number of ether oxygens (including phenoxy) is 3. The van der Waals surface area contributed by atoms with Crippen LogP contribution in [-0.2, 0) is 9.53 Å². The third-order valence-corrected chi connectivity index (χ3v) is 3.94. The first kappa shape index (κ1) is 17.2. The first-order valence-corrected chi connectivity index (χ1v) is 8.48. The Balaban J connectivity index is 1.76. The number of hydrogen-bond acceptors (Lipinski definition) is 5. The Hall–Kier alpha value is -2.60. The molecule has 2 aromatic rings. The maximum Gasteiger partial charge on any atom is 0.344 e. The van der Waals surface area contributed by atoms with Crippen LogP contribution in [0.4, 0.5) is 0 Å². The third kappa shape index (κ3) is 4.09. The summed E-state index contributed by atoms with van der Waals surface area (Å²) in [6, 6.07) is 12.4. The van der Waals surface area contributed by atoms with Gasteiger partial charge in [0.25, 0.3) is 0 Å². The molecule has 3 rings (SSSR count). The van der Waals surface area contributed by atoms with Gasteiger partial charge < -0.3 is 14.2 Å². The van der Waals surface area contributed by atoms with Crippen LogP contribution in [0.2, 0.25) is 0 Å². The lowest BCUT2D eigenvalue weighted by molar-refractivity contribution is -0.145. The van der Waals surface area contributed by atoms with Crippen molar-refractivity contribution in [2.24, 2.45) is 0 Å². The molecule has 0 atom stereocenters. The van der Waals surface area contributed by atoms with E-state index >= 15 is 0 Å². The molecule has 2 aromatic carbocycles. The van der Waals surface area contributed by atoms with Crippen molar-refractivity contribution in [2.45, 2.75) is 6.92 Å². The second-order valence-electron chi connectivity index (χ2n) is 5.25. The molecule has 6 heteroatoms. The van der Waals surface area contributed by atoms with Gasteiger partial charge in [-0.05, 0) is 42.8 Å². The topological polar surface area (TPSA) is 61.8 Å². The lowest BCUT2D eigenvalue weighted by Crippen LogP contribution is -2.14. The predicted molar refractivity (Wildman–Crippen MR) is 95.6 cm³/mol. The Kier molecular flexibility index (Phi) is 5.19. The van der Waals surface area contributed by atoms with Crippen LogP contribution < -0.4 is 9.47 Å². The molecule has 128 valence electrons. The molecule has 0 spiro atoms. The minimum atomic E-state index is -0.449. The normalized spacial score (nSPS) is 14.2. The van der Waals surface area contributed by atoms with Gasteiger partial charge in [-0.2, -0.15) is 0 Å². The van der Waals surface area contributed by atoms with Crippen molar-refractivity contribution in [3.63, 3.8) is 0 Å². The number of carbonyl (C=O) groups excluding carboxylic acids is 2. The summed E-state index contributed by atoms with van der Waals surface area (Å²) >= 11 is 3.40. The second kappa shape index (κ2) is 7.53. The standard InChI is InChI=1S/C19H15BrO5/c1-2-23-18(21)11-24-14-6-7-15-16(10-14)25-17(19(15)22)9-12-4-3-5-13(20)8-12/h3-10H,2,11H2,1H3. The number of allylic oxidation sites excluding steroid dienone is 1. The molecule has 0 unspecified atom stereocenters. The third-order valence-electron chi connectivity index (χ3n) is 3.45. The summed E-state index contributed by atoms with van der Waals surface area (Å²) in [7, 11) is 0. The zero-order valence-electron chi connectivity index (χ0n) is 13.5. The van der Waals surface area contributed by atoms with E-state index in [0.29, 0.717) is 23.7 Å². The molecule has 5 nitrogen and oxygen atoms in total. The molecule has 0 amide bonds. The zero-order chi connectivity index (χ0) is 17.8. The molecule has 25 heavy (non-hydrogen) atoms. The number of fused-ring (bicyclic) bond motifs is 1. The van der Waals surface area contributed by atoms with Gasteiger partial charge in [-0.3, -0.25) is 4.79 Å². The zero-order valence-corrected chi connectivity index (χ0v) is 15.0. The number of hydrogen-bond donors (Lipinski definition) is 0. The molecule has 0 N–H and O–H groups in total. The number of carbonyl (C=O) groups is 2. The molecule has 0 fully saturated rings. The molecule has 1 aliphatic heterocycles. The highest BCUT2D eigenvalue weighted by molar-refractivity contribution is 9.10. The fourth-order valence-electron chi connectivity index (χ4n) is 2.35. The smallest absolute Gasteiger partial charge is 0.344 e. The molecule has 1 heterocycles. The fraction of sp³-hybridized carbons (Fsp3) is 0.158. The van der Waals surface area contributed by atoms with Crippen molar-refractivity contribution in [1.82, 2.24) is 0 Å². The molecule has 0 aliphatic carbocycles. The Labute approximate surface area is 153 Å².